The lowest BCUT2D eigenvalue weighted by molar-refractivity contribution is 0.0737. The van der Waals surface area contributed by atoms with Gasteiger partial charge in [0, 0.05) is 38.6 Å². The number of piperazine rings is 1. The van der Waals surface area contributed by atoms with Crippen LogP contribution in [0.4, 0.5) is 17.6 Å². The third-order valence-electron chi connectivity index (χ3n) is 3.32. The van der Waals surface area contributed by atoms with Crippen LogP contribution in [-0.4, -0.2) is 37.5 Å². The van der Waals surface area contributed by atoms with E-state index in [1.165, 1.54) is 6.07 Å². The van der Waals surface area contributed by atoms with Crippen molar-refractivity contribution >= 4 is 12.4 Å². The zero-order chi connectivity index (χ0) is 13.8. The van der Waals surface area contributed by atoms with E-state index in [4.69, 9.17) is 0 Å². The van der Waals surface area contributed by atoms with Crippen LogP contribution in [0.5, 0.6) is 0 Å². The van der Waals surface area contributed by atoms with Crippen LogP contribution in [0.1, 0.15) is 18.0 Å². The van der Waals surface area contributed by atoms with Gasteiger partial charge < -0.3 is 5.32 Å². The van der Waals surface area contributed by atoms with E-state index < -0.39 is 24.1 Å². The molecule has 1 saturated heterocycles. The fourth-order valence-electron chi connectivity index (χ4n) is 2.38. The van der Waals surface area contributed by atoms with E-state index in [2.05, 4.69) is 5.32 Å². The van der Waals surface area contributed by atoms with E-state index in [9.17, 15) is 17.6 Å². The molecule has 1 N–H and O–H groups in total. The summed E-state index contributed by atoms with van der Waals surface area (Å²) in [4.78, 5) is 1.88. The molecule has 1 aliphatic heterocycles. The quantitative estimate of drug-likeness (QED) is 0.860. The van der Waals surface area contributed by atoms with Gasteiger partial charge in [0.1, 0.15) is 0 Å². The van der Waals surface area contributed by atoms with Gasteiger partial charge in [-0.25, -0.2) is 17.6 Å². The Morgan fingerprint density at radius 3 is 2.30 bits per heavy atom. The van der Waals surface area contributed by atoms with Gasteiger partial charge in [-0.05, 0) is 17.7 Å². The van der Waals surface area contributed by atoms with E-state index in [-0.39, 0.29) is 18.8 Å². The van der Waals surface area contributed by atoms with Gasteiger partial charge >= 0.3 is 0 Å². The van der Waals surface area contributed by atoms with Crippen LogP contribution in [0.2, 0.25) is 0 Å². The minimum atomic E-state index is -2.48. The van der Waals surface area contributed by atoms with E-state index in [0.717, 1.165) is 12.1 Å². The summed E-state index contributed by atoms with van der Waals surface area (Å²) in [5.74, 6) is -1.95. The van der Waals surface area contributed by atoms with E-state index in [1.807, 2.05) is 4.90 Å². The molecule has 1 aromatic rings. The third kappa shape index (κ3) is 4.33. The summed E-state index contributed by atoms with van der Waals surface area (Å²) in [7, 11) is 0. The monoisotopic (exact) mass is 312 g/mol. The van der Waals surface area contributed by atoms with Crippen molar-refractivity contribution in [1.82, 2.24) is 10.2 Å². The molecule has 0 aliphatic carbocycles. The van der Waals surface area contributed by atoms with Crippen LogP contribution < -0.4 is 5.32 Å². The van der Waals surface area contributed by atoms with E-state index in [1.54, 1.807) is 0 Å². The molecule has 1 aliphatic rings. The number of benzene rings is 1. The molecule has 1 fully saturated rings. The summed E-state index contributed by atoms with van der Waals surface area (Å²) in [5.41, 5.74) is 0.404. The molecule has 0 aromatic heterocycles. The van der Waals surface area contributed by atoms with Crippen molar-refractivity contribution in [2.75, 3.05) is 26.2 Å². The highest BCUT2D eigenvalue weighted by atomic mass is 35.5. The van der Waals surface area contributed by atoms with Crippen molar-refractivity contribution in [2.24, 2.45) is 0 Å². The van der Waals surface area contributed by atoms with Crippen molar-refractivity contribution in [2.45, 2.75) is 18.9 Å². The van der Waals surface area contributed by atoms with Crippen LogP contribution in [-0.2, 0) is 0 Å². The summed E-state index contributed by atoms with van der Waals surface area (Å²) in [5, 5.41) is 3.13. The zero-order valence-corrected chi connectivity index (χ0v) is 11.6. The van der Waals surface area contributed by atoms with Gasteiger partial charge in [-0.3, -0.25) is 4.90 Å². The Balaban J connectivity index is 0.00000200. The molecule has 0 amide bonds. The summed E-state index contributed by atoms with van der Waals surface area (Å²) in [6.45, 7) is 2.67. The molecule has 7 heteroatoms. The molecule has 1 atom stereocenters. The Labute approximate surface area is 121 Å². The van der Waals surface area contributed by atoms with Gasteiger partial charge in [0.2, 0.25) is 6.43 Å². The molecule has 0 spiro atoms. The summed E-state index contributed by atoms with van der Waals surface area (Å²) < 4.78 is 51.6. The van der Waals surface area contributed by atoms with E-state index >= 15 is 0 Å². The molecular weight excluding hydrogens is 296 g/mol. The molecule has 0 bridgehead atoms. The Bertz CT molecular complexity index is 425. The van der Waals surface area contributed by atoms with Crippen molar-refractivity contribution < 1.29 is 17.6 Å². The Morgan fingerprint density at radius 2 is 1.75 bits per heavy atom. The van der Waals surface area contributed by atoms with Crippen molar-refractivity contribution in [1.29, 1.82) is 0 Å². The number of nitrogens with one attached hydrogen (secondary N) is 1. The molecule has 2 nitrogen and oxygen atoms in total. The Morgan fingerprint density at radius 1 is 1.10 bits per heavy atom. The average Bonchev–Trinajstić information content (AvgIpc) is 2.40. The summed E-state index contributed by atoms with van der Waals surface area (Å²) >= 11 is 0. The molecule has 114 valence electrons. The molecule has 2 rings (SSSR count). The van der Waals surface area contributed by atoms with Gasteiger partial charge in [0.25, 0.3) is 0 Å². The number of nitrogens with zero attached hydrogens (tertiary/aromatic N) is 1. The highest BCUT2D eigenvalue weighted by Gasteiger charge is 2.26. The fraction of sp³-hybridized carbons (Fsp3) is 0.538. The predicted octanol–water partition coefficient (Wildman–Crippen LogP) is 2.99. The lowest BCUT2D eigenvalue weighted by Gasteiger charge is -2.35. The maximum atomic E-state index is 13.3. The van der Waals surface area contributed by atoms with Gasteiger partial charge in [-0.1, -0.05) is 6.07 Å². The van der Waals surface area contributed by atoms with Gasteiger partial charge in [-0.2, -0.15) is 0 Å². The van der Waals surface area contributed by atoms with Gasteiger partial charge in [-0.15, -0.1) is 12.4 Å². The third-order valence-corrected chi connectivity index (χ3v) is 3.32. The van der Waals surface area contributed by atoms with Crippen LogP contribution >= 0.6 is 12.4 Å². The van der Waals surface area contributed by atoms with Gasteiger partial charge in [0.05, 0.1) is 0 Å². The van der Waals surface area contributed by atoms with Crippen molar-refractivity contribution in [3.8, 4) is 0 Å². The lowest BCUT2D eigenvalue weighted by Crippen LogP contribution is -2.45. The Hall–Kier alpha value is -0.850. The molecule has 1 aromatic carbocycles. The molecular formula is C13H17ClF4N2. The number of hydrogen-bond donors (Lipinski definition) is 1. The normalized spacial score (nSPS) is 17.9. The number of halogens is 5. The van der Waals surface area contributed by atoms with Crippen LogP contribution in [0.3, 0.4) is 0 Å². The minimum absolute atomic E-state index is 0. The van der Waals surface area contributed by atoms with Crippen molar-refractivity contribution in [3.63, 3.8) is 0 Å². The smallest absolute Gasteiger partial charge is 0.240 e. The van der Waals surface area contributed by atoms with Crippen LogP contribution in [0.25, 0.3) is 0 Å². The van der Waals surface area contributed by atoms with Gasteiger partial charge in [0.15, 0.2) is 11.6 Å². The summed E-state index contributed by atoms with van der Waals surface area (Å²) in [6.07, 6.45) is -2.85. The average molecular weight is 313 g/mol. The number of hydrogen-bond acceptors (Lipinski definition) is 2. The highest BCUT2D eigenvalue weighted by molar-refractivity contribution is 5.85. The first-order valence-electron chi connectivity index (χ1n) is 6.26. The standard InChI is InChI=1S/C13H16F4N2.ClH/c14-10-2-1-9(7-11(10)15)12(8-13(16)17)19-5-3-18-4-6-19;/h1-2,7,12-13,18H,3-6,8H2;1H/t12-;/m1./s1. The predicted molar refractivity (Wildman–Crippen MR) is 71.4 cm³/mol. The fourth-order valence-corrected chi connectivity index (χ4v) is 2.38. The first-order valence-corrected chi connectivity index (χ1v) is 6.26. The Kier molecular flexibility index (Phi) is 6.71. The maximum absolute atomic E-state index is 13.3. The molecule has 20 heavy (non-hydrogen) atoms. The first-order chi connectivity index (χ1) is 9.08. The number of alkyl halides is 2. The summed E-state index contributed by atoms with van der Waals surface area (Å²) in [6, 6.07) is 2.82. The maximum Gasteiger partial charge on any atom is 0.240 e. The molecule has 1 heterocycles. The SMILES string of the molecule is Cl.Fc1ccc([C@@H](CC(F)F)N2CCNCC2)cc1F. The second kappa shape index (κ2) is 7.81. The highest BCUT2D eigenvalue weighted by Crippen LogP contribution is 2.28. The first kappa shape index (κ1) is 17.2. The van der Waals surface area contributed by atoms with E-state index in [0.29, 0.717) is 31.7 Å². The van der Waals surface area contributed by atoms with Crippen LogP contribution in [0, 0.1) is 11.6 Å². The van der Waals surface area contributed by atoms with Crippen molar-refractivity contribution in [3.05, 3.63) is 35.4 Å². The number of rotatable bonds is 4. The molecule has 0 saturated carbocycles. The topological polar surface area (TPSA) is 15.3 Å². The second-order valence-electron chi connectivity index (χ2n) is 4.60. The minimum Gasteiger partial charge on any atom is -0.314 e. The van der Waals surface area contributed by atoms with Crippen LogP contribution in [0.15, 0.2) is 18.2 Å². The molecule has 0 radical (unpaired) electrons. The molecule has 0 unspecified atom stereocenters. The lowest BCUT2D eigenvalue weighted by atomic mass is 10.0. The zero-order valence-electron chi connectivity index (χ0n) is 10.8. The largest absolute Gasteiger partial charge is 0.314 e. The second-order valence-corrected chi connectivity index (χ2v) is 4.60.